The zero-order chi connectivity index (χ0) is 13.9. The van der Waals surface area contributed by atoms with Crippen LogP contribution >= 0.6 is 0 Å². The normalized spacial score (nSPS) is 10.8. The number of nitrogen functional groups attached to an aromatic ring is 1. The fourth-order valence-corrected chi connectivity index (χ4v) is 1.75. The molecule has 0 fully saturated rings. The first-order valence-electron chi connectivity index (χ1n) is 6.15. The predicted molar refractivity (Wildman–Crippen MR) is 70.7 cm³/mol. The van der Waals surface area contributed by atoms with Crippen molar-refractivity contribution >= 4 is 5.95 Å². The van der Waals surface area contributed by atoms with Gasteiger partial charge in [0.1, 0.15) is 12.7 Å². The molecule has 102 valence electrons. The summed E-state index contributed by atoms with van der Waals surface area (Å²) in [5, 5.41) is 8.22. The van der Waals surface area contributed by atoms with E-state index in [1.807, 2.05) is 10.9 Å². The van der Waals surface area contributed by atoms with Crippen LogP contribution in [0.3, 0.4) is 0 Å². The van der Waals surface area contributed by atoms with Crippen molar-refractivity contribution in [2.75, 3.05) is 5.73 Å². The maximum Gasteiger partial charge on any atom is 0.257 e. The van der Waals surface area contributed by atoms with E-state index in [0.717, 1.165) is 18.5 Å². The van der Waals surface area contributed by atoms with E-state index in [4.69, 9.17) is 5.73 Å². The van der Waals surface area contributed by atoms with Gasteiger partial charge in [0.15, 0.2) is 5.82 Å². The van der Waals surface area contributed by atoms with Crippen molar-refractivity contribution in [3.63, 3.8) is 0 Å². The summed E-state index contributed by atoms with van der Waals surface area (Å²) in [6, 6.07) is 0. The van der Waals surface area contributed by atoms with Crippen molar-refractivity contribution in [3.8, 4) is 17.3 Å². The van der Waals surface area contributed by atoms with Crippen molar-refractivity contribution in [2.45, 2.75) is 19.9 Å². The Morgan fingerprint density at radius 3 is 2.85 bits per heavy atom. The molecule has 9 heteroatoms. The molecule has 9 nitrogen and oxygen atoms in total. The lowest BCUT2D eigenvalue weighted by Crippen LogP contribution is -2.07. The van der Waals surface area contributed by atoms with Crippen LogP contribution in [0.4, 0.5) is 5.95 Å². The first-order chi connectivity index (χ1) is 9.76. The van der Waals surface area contributed by atoms with Crippen LogP contribution in [-0.4, -0.2) is 39.5 Å². The van der Waals surface area contributed by atoms with Gasteiger partial charge in [-0.3, -0.25) is 4.68 Å². The van der Waals surface area contributed by atoms with Gasteiger partial charge in [0, 0.05) is 12.7 Å². The number of nitrogens with zero attached hydrogens (tertiary/aromatic N) is 8. The average Bonchev–Trinajstić information content (AvgIpc) is 3.09. The summed E-state index contributed by atoms with van der Waals surface area (Å²) in [7, 11) is 0. The Labute approximate surface area is 114 Å². The van der Waals surface area contributed by atoms with E-state index in [1.54, 1.807) is 6.20 Å². The van der Waals surface area contributed by atoms with Crippen LogP contribution in [0.15, 0.2) is 25.0 Å². The Balaban J connectivity index is 2.00. The lowest BCUT2D eigenvalue weighted by Gasteiger charge is -2.02. The fraction of sp³-hybridized carbons (Fsp3) is 0.273. The molecule has 0 radical (unpaired) electrons. The average molecular weight is 271 g/mol. The van der Waals surface area contributed by atoms with E-state index >= 15 is 0 Å². The lowest BCUT2D eigenvalue weighted by molar-refractivity contribution is 0.603. The number of anilines is 1. The zero-order valence-corrected chi connectivity index (χ0v) is 10.9. The first kappa shape index (κ1) is 12.2. The predicted octanol–water partition coefficient (Wildman–Crippen LogP) is 0.308. The molecule has 0 unspecified atom stereocenters. The van der Waals surface area contributed by atoms with Gasteiger partial charge in [-0.15, -0.1) is 0 Å². The van der Waals surface area contributed by atoms with Gasteiger partial charge in [-0.1, -0.05) is 6.92 Å². The van der Waals surface area contributed by atoms with Gasteiger partial charge in [0.2, 0.25) is 5.95 Å². The van der Waals surface area contributed by atoms with Gasteiger partial charge in [-0.2, -0.15) is 29.8 Å². The topological polar surface area (TPSA) is 113 Å². The van der Waals surface area contributed by atoms with Crippen molar-refractivity contribution < 1.29 is 0 Å². The molecule has 0 atom stereocenters. The second kappa shape index (κ2) is 5.03. The van der Waals surface area contributed by atoms with Crippen LogP contribution in [0.1, 0.15) is 13.3 Å². The van der Waals surface area contributed by atoms with Crippen LogP contribution in [0.5, 0.6) is 0 Å². The van der Waals surface area contributed by atoms with Gasteiger partial charge in [0.25, 0.3) is 5.95 Å². The molecular formula is C11H13N9. The van der Waals surface area contributed by atoms with Gasteiger partial charge < -0.3 is 5.73 Å². The van der Waals surface area contributed by atoms with E-state index < -0.39 is 0 Å². The minimum absolute atomic E-state index is 0.128. The number of rotatable bonds is 4. The van der Waals surface area contributed by atoms with E-state index in [1.165, 1.54) is 17.3 Å². The standard InChI is InChI=1S/C11H13N9/c1-2-3-19-5-8(4-14-19)9-16-10(12)18-11(17-9)20-7-13-6-15-20/h4-7H,2-3H2,1H3,(H2,12,16,17,18). The van der Waals surface area contributed by atoms with Gasteiger partial charge in [-0.05, 0) is 6.42 Å². The molecule has 0 amide bonds. The zero-order valence-electron chi connectivity index (χ0n) is 10.9. The highest BCUT2D eigenvalue weighted by Gasteiger charge is 2.10. The lowest BCUT2D eigenvalue weighted by atomic mass is 10.3. The second-order valence-electron chi connectivity index (χ2n) is 4.15. The highest BCUT2D eigenvalue weighted by Crippen LogP contribution is 2.15. The summed E-state index contributed by atoms with van der Waals surface area (Å²) in [5.74, 6) is 0.919. The fourth-order valence-electron chi connectivity index (χ4n) is 1.75. The molecular weight excluding hydrogens is 258 g/mol. The first-order valence-corrected chi connectivity index (χ1v) is 6.15. The summed E-state index contributed by atoms with van der Waals surface area (Å²) in [5.41, 5.74) is 6.50. The van der Waals surface area contributed by atoms with E-state index in [2.05, 4.69) is 37.1 Å². The summed E-state index contributed by atoms with van der Waals surface area (Å²) in [4.78, 5) is 16.3. The third-order valence-corrected chi connectivity index (χ3v) is 2.61. The molecule has 0 saturated carbocycles. The van der Waals surface area contributed by atoms with Gasteiger partial charge >= 0.3 is 0 Å². The Hall–Kier alpha value is -2.84. The molecule has 3 rings (SSSR count). The quantitative estimate of drug-likeness (QED) is 0.726. The Kier molecular flexibility index (Phi) is 3.07. The number of hydrogen-bond acceptors (Lipinski definition) is 7. The smallest absolute Gasteiger partial charge is 0.257 e. The molecule has 0 aliphatic heterocycles. The summed E-state index contributed by atoms with van der Waals surface area (Å²) in [6.45, 7) is 2.93. The summed E-state index contributed by atoms with van der Waals surface area (Å²) < 4.78 is 3.27. The van der Waals surface area contributed by atoms with Crippen molar-refractivity contribution in [3.05, 3.63) is 25.0 Å². The van der Waals surface area contributed by atoms with Gasteiger partial charge in [-0.25, -0.2) is 4.98 Å². The highest BCUT2D eigenvalue weighted by atomic mass is 15.4. The molecule has 20 heavy (non-hydrogen) atoms. The minimum Gasteiger partial charge on any atom is -0.368 e. The second-order valence-corrected chi connectivity index (χ2v) is 4.15. The number of hydrogen-bond donors (Lipinski definition) is 1. The van der Waals surface area contributed by atoms with Gasteiger partial charge in [0.05, 0.1) is 11.8 Å². The van der Waals surface area contributed by atoms with Crippen LogP contribution < -0.4 is 5.73 Å². The van der Waals surface area contributed by atoms with Crippen molar-refractivity contribution in [2.24, 2.45) is 0 Å². The number of aromatic nitrogens is 8. The maximum absolute atomic E-state index is 5.72. The molecule has 0 aromatic carbocycles. The molecule has 0 saturated heterocycles. The Bertz CT molecular complexity index is 701. The SMILES string of the molecule is CCCn1cc(-c2nc(N)nc(-n3cncn3)n2)cn1. The molecule has 0 bridgehead atoms. The number of aryl methyl sites for hydroxylation is 1. The summed E-state index contributed by atoms with van der Waals surface area (Å²) in [6.07, 6.45) is 7.49. The number of nitrogens with two attached hydrogens (primary N) is 1. The van der Waals surface area contributed by atoms with Crippen molar-refractivity contribution in [1.29, 1.82) is 0 Å². The summed E-state index contributed by atoms with van der Waals surface area (Å²) >= 11 is 0. The van der Waals surface area contributed by atoms with Crippen LogP contribution in [0.25, 0.3) is 17.3 Å². The van der Waals surface area contributed by atoms with E-state index in [9.17, 15) is 0 Å². The molecule has 2 N–H and O–H groups in total. The molecule has 0 aliphatic rings. The Morgan fingerprint density at radius 1 is 1.20 bits per heavy atom. The van der Waals surface area contributed by atoms with E-state index in [-0.39, 0.29) is 5.95 Å². The highest BCUT2D eigenvalue weighted by molar-refractivity contribution is 5.54. The monoisotopic (exact) mass is 271 g/mol. The molecule has 0 aliphatic carbocycles. The largest absolute Gasteiger partial charge is 0.368 e. The van der Waals surface area contributed by atoms with Crippen LogP contribution in [0.2, 0.25) is 0 Å². The van der Waals surface area contributed by atoms with Crippen molar-refractivity contribution in [1.82, 2.24) is 39.5 Å². The minimum atomic E-state index is 0.128. The molecule has 3 aromatic heterocycles. The molecule has 0 spiro atoms. The third-order valence-electron chi connectivity index (χ3n) is 2.61. The third kappa shape index (κ3) is 2.32. The maximum atomic E-state index is 5.72. The van der Waals surface area contributed by atoms with Crippen LogP contribution in [-0.2, 0) is 6.54 Å². The molecule has 3 heterocycles. The molecule has 3 aromatic rings. The Morgan fingerprint density at radius 2 is 2.10 bits per heavy atom. The van der Waals surface area contributed by atoms with E-state index in [0.29, 0.717) is 11.8 Å². The van der Waals surface area contributed by atoms with Crippen LogP contribution in [0, 0.1) is 0 Å².